The van der Waals surface area contributed by atoms with Crippen LogP contribution in [-0.4, -0.2) is 107 Å². The van der Waals surface area contributed by atoms with Crippen LogP contribution >= 0.6 is 0 Å². The Hall–Kier alpha value is -5.75. The van der Waals surface area contributed by atoms with E-state index < -0.39 is 11.9 Å². The Morgan fingerprint density at radius 3 is 2.37 bits per heavy atom. The predicted molar refractivity (Wildman–Crippen MR) is 221 cm³/mol. The minimum absolute atomic E-state index is 0.0272. The molecule has 15 heteroatoms. The number of methoxy groups -OCH3 is 1. The third-order valence-corrected chi connectivity index (χ3v) is 12.9. The number of rotatable bonds is 13. The van der Waals surface area contributed by atoms with E-state index in [2.05, 4.69) is 50.3 Å². The highest BCUT2D eigenvalue weighted by Crippen LogP contribution is 2.36. The van der Waals surface area contributed by atoms with E-state index in [1.54, 1.807) is 41.6 Å². The summed E-state index contributed by atoms with van der Waals surface area (Å²) < 4.78 is 17.8. The normalized spacial score (nSPS) is 24.4. The number of carbonyl (C=O) groups excluding carboxylic acids is 4. The SMILES string of the molecule is COc1cc(OC2CCC(NC(=O)c3cnc(N4CCC(CN(C(C)C)C5CC(Oc6ccc7c(c6)C(=O)N(C6CCC(=O)NC6=O)C7)C5)CC4)cn3)CC2)ccc1C#N. The van der Waals surface area contributed by atoms with Crippen LogP contribution in [0.2, 0.25) is 0 Å². The van der Waals surface area contributed by atoms with Crippen LogP contribution < -0.4 is 29.7 Å². The van der Waals surface area contributed by atoms with Crippen molar-refractivity contribution >= 4 is 29.4 Å². The zero-order valence-electron chi connectivity index (χ0n) is 34.6. The highest BCUT2D eigenvalue weighted by Gasteiger charge is 2.41. The second kappa shape index (κ2) is 17.8. The van der Waals surface area contributed by atoms with Gasteiger partial charge >= 0.3 is 0 Å². The summed E-state index contributed by atoms with van der Waals surface area (Å²) in [5.74, 6) is 2.07. The van der Waals surface area contributed by atoms with Crippen molar-refractivity contribution in [3.63, 3.8) is 0 Å². The summed E-state index contributed by atoms with van der Waals surface area (Å²) in [7, 11) is 1.54. The molecule has 2 saturated carbocycles. The molecule has 5 aliphatic rings. The van der Waals surface area contributed by atoms with E-state index in [-0.39, 0.29) is 42.4 Å². The lowest BCUT2D eigenvalue weighted by Gasteiger charge is -2.46. The number of hydrogen-bond acceptors (Lipinski definition) is 12. The number of fused-ring (bicyclic) bond motifs is 1. The average Bonchev–Trinajstić information content (AvgIpc) is 3.56. The summed E-state index contributed by atoms with van der Waals surface area (Å²) in [5.41, 5.74) is 2.21. The van der Waals surface area contributed by atoms with E-state index >= 15 is 0 Å². The van der Waals surface area contributed by atoms with Crippen molar-refractivity contribution in [3.8, 4) is 23.3 Å². The predicted octanol–water partition coefficient (Wildman–Crippen LogP) is 4.77. The number of aromatic nitrogens is 2. The van der Waals surface area contributed by atoms with Crippen LogP contribution in [0.1, 0.15) is 110 Å². The van der Waals surface area contributed by atoms with Crippen LogP contribution in [0, 0.1) is 17.2 Å². The second-order valence-electron chi connectivity index (χ2n) is 17.1. The maximum Gasteiger partial charge on any atom is 0.271 e. The number of hydrogen-bond donors (Lipinski definition) is 2. The van der Waals surface area contributed by atoms with E-state index in [0.717, 1.165) is 82.4 Å². The molecule has 4 amide bonds. The molecule has 0 bridgehead atoms. The summed E-state index contributed by atoms with van der Waals surface area (Å²) in [6.07, 6.45) is 11.1. The average molecular weight is 819 g/mol. The monoisotopic (exact) mass is 818 g/mol. The molecule has 3 aliphatic heterocycles. The molecule has 2 N–H and O–H groups in total. The number of anilines is 1. The van der Waals surface area contributed by atoms with Gasteiger partial charge in [0.1, 0.15) is 47.0 Å². The minimum Gasteiger partial charge on any atom is -0.495 e. The van der Waals surface area contributed by atoms with Crippen LogP contribution in [0.5, 0.6) is 17.2 Å². The maximum absolute atomic E-state index is 13.3. The van der Waals surface area contributed by atoms with Gasteiger partial charge in [-0.05, 0) is 94.5 Å². The standard InChI is InChI=1S/C45H54N8O7/c1-27(2)52(32-18-36(19-32)60-34-9-5-30-26-53(45(57)37(30)20-34)39-12-13-42(54)50-44(39)56)25-28-14-16-51(17-15-28)41-24-47-38(23-48-41)43(55)49-31-6-10-33(11-7-31)59-35-8-4-29(22-46)40(21-35)58-3/h4-5,8-9,20-21,23-24,27-28,31-33,36,39H,6-7,10-19,25-26H2,1-3H3,(H,49,55)(H,50,54,56). The molecule has 1 aromatic heterocycles. The third kappa shape index (κ3) is 9.03. The summed E-state index contributed by atoms with van der Waals surface area (Å²) in [4.78, 5) is 66.0. The number of imide groups is 1. The van der Waals surface area contributed by atoms with Crippen molar-refractivity contribution in [2.75, 3.05) is 31.6 Å². The quantitative estimate of drug-likeness (QED) is 0.226. The fourth-order valence-electron chi connectivity index (χ4n) is 9.34. The minimum atomic E-state index is -0.631. The number of nitrogens with one attached hydrogen (secondary N) is 2. The molecule has 4 fully saturated rings. The number of ether oxygens (including phenoxy) is 3. The first kappa shape index (κ1) is 41.0. The first-order chi connectivity index (χ1) is 29.0. The lowest BCUT2D eigenvalue weighted by Crippen LogP contribution is -2.53. The highest BCUT2D eigenvalue weighted by molar-refractivity contribution is 6.05. The van der Waals surface area contributed by atoms with Crippen molar-refractivity contribution in [2.24, 2.45) is 5.92 Å². The van der Waals surface area contributed by atoms with E-state index in [1.165, 1.54) is 7.11 Å². The Bertz CT molecular complexity index is 2120. The van der Waals surface area contributed by atoms with Crippen LogP contribution in [-0.2, 0) is 16.1 Å². The van der Waals surface area contributed by atoms with Crippen LogP contribution in [0.3, 0.4) is 0 Å². The van der Waals surface area contributed by atoms with Crippen molar-refractivity contribution in [2.45, 2.75) is 121 Å². The number of nitrogens with zero attached hydrogens (tertiary/aromatic N) is 6. The first-order valence-electron chi connectivity index (χ1n) is 21.4. The number of carbonyl (C=O) groups is 4. The molecule has 316 valence electrons. The fraction of sp³-hybridized carbons (Fsp3) is 0.533. The Kier molecular flexibility index (Phi) is 12.2. The van der Waals surface area contributed by atoms with Gasteiger partial charge in [0.15, 0.2) is 0 Å². The van der Waals surface area contributed by atoms with E-state index in [4.69, 9.17) is 14.2 Å². The highest BCUT2D eigenvalue weighted by atomic mass is 16.5. The van der Waals surface area contributed by atoms with E-state index in [0.29, 0.717) is 65.0 Å². The maximum atomic E-state index is 13.3. The van der Waals surface area contributed by atoms with Crippen LogP contribution in [0.15, 0.2) is 48.8 Å². The molecule has 2 saturated heterocycles. The van der Waals surface area contributed by atoms with Gasteiger partial charge in [-0.15, -0.1) is 0 Å². The summed E-state index contributed by atoms with van der Waals surface area (Å²) in [5, 5.41) is 14.7. The van der Waals surface area contributed by atoms with Gasteiger partial charge in [-0.1, -0.05) is 6.07 Å². The van der Waals surface area contributed by atoms with Gasteiger partial charge in [0, 0.05) is 75.2 Å². The molecule has 3 aromatic rings. The zero-order valence-corrected chi connectivity index (χ0v) is 34.6. The molecule has 2 aliphatic carbocycles. The molecule has 1 atom stereocenters. The summed E-state index contributed by atoms with van der Waals surface area (Å²) in [6.45, 7) is 7.65. The zero-order chi connectivity index (χ0) is 41.9. The lowest BCUT2D eigenvalue weighted by molar-refractivity contribution is -0.136. The molecule has 1 unspecified atom stereocenters. The van der Waals surface area contributed by atoms with Crippen LogP contribution in [0.4, 0.5) is 5.82 Å². The summed E-state index contributed by atoms with van der Waals surface area (Å²) in [6, 6.07) is 13.2. The van der Waals surface area contributed by atoms with Gasteiger partial charge in [-0.25, -0.2) is 9.97 Å². The van der Waals surface area contributed by atoms with E-state index in [9.17, 15) is 24.4 Å². The van der Waals surface area contributed by atoms with Crippen molar-refractivity contribution in [3.05, 3.63) is 71.2 Å². The molecule has 60 heavy (non-hydrogen) atoms. The number of nitriles is 1. The molecule has 4 heterocycles. The smallest absolute Gasteiger partial charge is 0.271 e. The molecule has 8 rings (SSSR count). The van der Waals surface area contributed by atoms with Crippen molar-refractivity contribution in [1.82, 2.24) is 30.4 Å². The Balaban J connectivity index is 0.752. The number of piperidine rings is 2. The van der Waals surface area contributed by atoms with Crippen molar-refractivity contribution < 1.29 is 33.4 Å². The first-order valence-corrected chi connectivity index (χ1v) is 21.4. The van der Waals surface area contributed by atoms with Gasteiger partial charge < -0.3 is 29.3 Å². The van der Waals surface area contributed by atoms with Gasteiger partial charge in [0.25, 0.3) is 11.8 Å². The summed E-state index contributed by atoms with van der Waals surface area (Å²) >= 11 is 0. The molecule has 15 nitrogen and oxygen atoms in total. The molecule has 2 aromatic carbocycles. The van der Waals surface area contributed by atoms with Gasteiger partial charge in [-0.3, -0.25) is 29.4 Å². The lowest BCUT2D eigenvalue weighted by atomic mass is 9.85. The Morgan fingerprint density at radius 2 is 1.68 bits per heavy atom. The van der Waals surface area contributed by atoms with Gasteiger partial charge in [0.05, 0.1) is 31.2 Å². The Labute approximate surface area is 350 Å². The molecular weight excluding hydrogens is 765 g/mol. The topological polar surface area (TPSA) is 179 Å². The van der Waals surface area contributed by atoms with Gasteiger partial charge in [0.2, 0.25) is 11.8 Å². The van der Waals surface area contributed by atoms with Crippen LogP contribution in [0.25, 0.3) is 0 Å². The Morgan fingerprint density at radius 1 is 0.950 bits per heavy atom. The fourth-order valence-corrected chi connectivity index (χ4v) is 9.34. The number of benzene rings is 2. The molecular formula is C45H54N8O7. The molecule has 0 spiro atoms. The largest absolute Gasteiger partial charge is 0.495 e. The third-order valence-electron chi connectivity index (χ3n) is 12.9. The molecule has 0 radical (unpaired) electrons. The van der Waals surface area contributed by atoms with Gasteiger partial charge in [-0.2, -0.15) is 5.26 Å². The van der Waals surface area contributed by atoms with Crippen molar-refractivity contribution in [1.29, 1.82) is 5.26 Å². The number of amides is 4. The second-order valence-corrected chi connectivity index (χ2v) is 17.1. The van der Waals surface area contributed by atoms with E-state index in [1.807, 2.05) is 12.1 Å².